The summed E-state index contributed by atoms with van der Waals surface area (Å²) in [7, 11) is 0. The summed E-state index contributed by atoms with van der Waals surface area (Å²) in [6.45, 7) is 0.917. The summed E-state index contributed by atoms with van der Waals surface area (Å²) in [5.74, 6) is -0.522. The highest BCUT2D eigenvalue weighted by Crippen LogP contribution is 2.24. The largest absolute Gasteiger partial charge is 0.415 e. The first kappa shape index (κ1) is 15.2. The Morgan fingerprint density at radius 3 is 2.50 bits per heavy atom. The Balaban J connectivity index is 2.63. The van der Waals surface area contributed by atoms with Crippen molar-refractivity contribution in [1.82, 2.24) is 5.32 Å². The maximum absolute atomic E-state index is 12.8. The van der Waals surface area contributed by atoms with Crippen molar-refractivity contribution in [3.8, 4) is 0 Å². The Hall–Kier alpha value is -0.850. The zero-order valence-electron chi connectivity index (χ0n) is 9.43. The first-order valence-electron chi connectivity index (χ1n) is 5.15. The molecule has 0 fully saturated rings. The third kappa shape index (κ3) is 4.12. The van der Waals surface area contributed by atoms with Gasteiger partial charge in [0, 0.05) is 17.6 Å². The van der Waals surface area contributed by atoms with Gasteiger partial charge in [-0.05, 0) is 24.6 Å². The van der Waals surface area contributed by atoms with Gasteiger partial charge in [-0.25, -0.2) is 4.39 Å². The summed E-state index contributed by atoms with van der Waals surface area (Å²) in [6, 6.07) is 3.10. The van der Waals surface area contributed by atoms with Crippen molar-refractivity contribution in [2.45, 2.75) is 25.2 Å². The quantitative estimate of drug-likeness (QED) is 0.834. The molecule has 0 bridgehead atoms. The van der Waals surface area contributed by atoms with Crippen LogP contribution in [0.25, 0.3) is 0 Å². The van der Waals surface area contributed by atoms with Crippen molar-refractivity contribution in [1.29, 1.82) is 0 Å². The molecule has 0 spiro atoms. The topological polar surface area (TPSA) is 32.3 Å². The standard InChI is InChI=1S/C11H12ClF4NO/c1-6(17-5-10(18)11(14,15)16)8-3-2-7(13)4-9(8)12/h2-4,6,10,17-18H,5H2,1H3. The molecule has 0 amide bonds. The first-order valence-corrected chi connectivity index (χ1v) is 5.52. The number of hydrogen-bond donors (Lipinski definition) is 2. The van der Waals surface area contributed by atoms with E-state index in [2.05, 4.69) is 5.32 Å². The molecule has 7 heteroatoms. The molecule has 0 aliphatic rings. The smallest absolute Gasteiger partial charge is 0.382 e. The highest BCUT2D eigenvalue weighted by atomic mass is 35.5. The van der Waals surface area contributed by atoms with Crippen LogP contribution in [0.1, 0.15) is 18.5 Å². The summed E-state index contributed by atoms with van der Waals surface area (Å²) in [5.41, 5.74) is 0.465. The molecular weight excluding hydrogens is 274 g/mol. The maximum Gasteiger partial charge on any atom is 0.415 e. The summed E-state index contributed by atoms with van der Waals surface area (Å²) in [6.07, 6.45) is -7.11. The van der Waals surface area contributed by atoms with Crippen LogP contribution in [-0.2, 0) is 0 Å². The van der Waals surface area contributed by atoms with E-state index in [-0.39, 0.29) is 5.02 Å². The van der Waals surface area contributed by atoms with E-state index in [4.69, 9.17) is 16.7 Å². The van der Waals surface area contributed by atoms with Crippen LogP contribution >= 0.6 is 11.6 Å². The molecule has 2 atom stereocenters. The summed E-state index contributed by atoms with van der Waals surface area (Å²) < 4.78 is 49.0. The molecule has 2 N–H and O–H groups in total. The highest BCUT2D eigenvalue weighted by molar-refractivity contribution is 6.31. The predicted molar refractivity (Wildman–Crippen MR) is 59.9 cm³/mol. The molecular formula is C11H12ClF4NO. The van der Waals surface area contributed by atoms with Gasteiger partial charge in [-0.15, -0.1) is 0 Å². The number of nitrogens with one attached hydrogen (secondary N) is 1. The molecule has 0 aromatic heterocycles. The zero-order valence-corrected chi connectivity index (χ0v) is 10.2. The van der Waals surface area contributed by atoms with Crippen molar-refractivity contribution in [3.63, 3.8) is 0 Å². The fourth-order valence-corrected chi connectivity index (χ4v) is 1.70. The van der Waals surface area contributed by atoms with E-state index in [0.29, 0.717) is 5.56 Å². The lowest BCUT2D eigenvalue weighted by atomic mass is 10.1. The van der Waals surface area contributed by atoms with Crippen LogP contribution in [-0.4, -0.2) is 23.9 Å². The van der Waals surface area contributed by atoms with Crippen LogP contribution in [0.15, 0.2) is 18.2 Å². The number of halogens is 5. The SMILES string of the molecule is CC(NCC(O)C(F)(F)F)c1ccc(F)cc1Cl. The molecule has 0 radical (unpaired) electrons. The van der Waals surface area contributed by atoms with Crippen molar-refractivity contribution in [3.05, 3.63) is 34.6 Å². The van der Waals surface area contributed by atoms with E-state index in [1.165, 1.54) is 12.1 Å². The Labute approximate surface area is 107 Å². The van der Waals surface area contributed by atoms with Crippen LogP contribution in [0, 0.1) is 5.82 Å². The summed E-state index contributed by atoms with van der Waals surface area (Å²) >= 11 is 5.76. The van der Waals surface area contributed by atoms with E-state index in [1.54, 1.807) is 6.92 Å². The lowest BCUT2D eigenvalue weighted by molar-refractivity contribution is -0.202. The Morgan fingerprint density at radius 2 is 2.00 bits per heavy atom. The van der Waals surface area contributed by atoms with Gasteiger partial charge in [-0.2, -0.15) is 13.2 Å². The number of hydrogen-bond acceptors (Lipinski definition) is 2. The van der Waals surface area contributed by atoms with Gasteiger partial charge in [0.25, 0.3) is 0 Å². The zero-order chi connectivity index (χ0) is 13.9. The molecule has 2 nitrogen and oxygen atoms in total. The number of aliphatic hydroxyl groups is 1. The molecule has 0 saturated heterocycles. The molecule has 2 unspecified atom stereocenters. The van der Waals surface area contributed by atoms with Gasteiger partial charge in [0.1, 0.15) is 5.82 Å². The summed E-state index contributed by atoms with van der Waals surface area (Å²) in [5, 5.41) is 11.4. The molecule has 0 aliphatic carbocycles. The van der Waals surface area contributed by atoms with E-state index in [9.17, 15) is 17.6 Å². The molecule has 18 heavy (non-hydrogen) atoms. The Bertz CT molecular complexity index is 411. The van der Waals surface area contributed by atoms with Crippen LogP contribution in [0.3, 0.4) is 0 Å². The second kappa shape index (κ2) is 5.86. The van der Waals surface area contributed by atoms with Gasteiger partial charge in [0.2, 0.25) is 0 Å². The first-order chi connectivity index (χ1) is 8.21. The van der Waals surface area contributed by atoms with E-state index in [0.717, 1.165) is 6.07 Å². The van der Waals surface area contributed by atoms with Gasteiger partial charge in [-0.3, -0.25) is 0 Å². The normalized spacial score (nSPS) is 15.5. The third-order valence-electron chi connectivity index (χ3n) is 2.42. The number of benzene rings is 1. The number of alkyl halides is 3. The highest BCUT2D eigenvalue weighted by Gasteiger charge is 2.37. The minimum atomic E-state index is -4.67. The van der Waals surface area contributed by atoms with Gasteiger partial charge in [0.15, 0.2) is 6.10 Å². The van der Waals surface area contributed by atoms with Crippen LogP contribution in [0.2, 0.25) is 5.02 Å². The lowest BCUT2D eigenvalue weighted by Crippen LogP contribution is -2.39. The van der Waals surface area contributed by atoms with Crippen LogP contribution < -0.4 is 5.32 Å². The summed E-state index contributed by atoms with van der Waals surface area (Å²) in [4.78, 5) is 0. The number of rotatable bonds is 4. The van der Waals surface area contributed by atoms with Crippen LogP contribution in [0.4, 0.5) is 17.6 Å². The average molecular weight is 286 g/mol. The molecule has 0 aliphatic heterocycles. The molecule has 1 rings (SSSR count). The van der Waals surface area contributed by atoms with Gasteiger partial charge >= 0.3 is 6.18 Å². The van der Waals surface area contributed by atoms with Crippen molar-refractivity contribution < 1.29 is 22.7 Å². The van der Waals surface area contributed by atoms with Gasteiger partial charge in [0.05, 0.1) is 0 Å². The van der Waals surface area contributed by atoms with E-state index in [1.807, 2.05) is 0 Å². The number of aliphatic hydroxyl groups excluding tert-OH is 1. The fraction of sp³-hybridized carbons (Fsp3) is 0.455. The monoisotopic (exact) mass is 285 g/mol. The van der Waals surface area contributed by atoms with Gasteiger partial charge in [-0.1, -0.05) is 17.7 Å². The fourth-order valence-electron chi connectivity index (χ4n) is 1.37. The molecule has 102 valence electrons. The molecule has 0 saturated carbocycles. The minimum absolute atomic E-state index is 0.122. The molecule has 0 heterocycles. The average Bonchev–Trinajstić information content (AvgIpc) is 2.24. The van der Waals surface area contributed by atoms with Gasteiger partial charge < -0.3 is 10.4 Å². The maximum atomic E-state index is 12.8. The second-order valence-electron chi connectivity index (χ2n) is 3.85. The van der Waals surface area contributed by atoms with Crippen molar-refractivity contribution in [2.24, 2.45) is 0 Å². The van der Waals surface area contributed by atoms with Crippen LogP contribution in [0.5, 0.6) is 0 Å². The minimum Gasteiger partial charge on any atom is -0.382 e. The second-order valence-corrected chi connectivity index (χ2v) is 4.26. The Kier molecular flexibility index (Phi) is 4.95. The lowest BCUT2D eigenvalue weighted by Gasteiger charge is -2.20. The third-order valence-corrected chi connectivity index (χ3v) is 2.75. The molecule has 1 aromatic rings. The van der Waals surface area contributed by atoms with Crippen molar-refractivity contribution >= 4 is 11.6 Å². The molecule has 1 aromatic carbocycles. The Morgan fingerprint density at radius 1 is 1.39 bits per heavy atom. The van der Waals surface area contributed by atoms with E-state index >= 15 is 0 Å². The van der Waals surface area contributed by atoms with Crippen molar-refractivity contribution in [2.75, 3.05) is 6.54 Å². The predicted octanol–water partition coefficient (Wildman–Crippen LogP) is 3.05. The van der Waals surface area contributed by atoms with E-state index < -0.39 is 30.7 Å².